The lowest BCUT2D eigenvalue weighted by atomic mass is 10.2. The van der Waals surface area contributed by atoms with E-state index in [1.807, 2.05) is 30.3 Å². The molecule has 3 aromatic rings. The van der Waals surface area contributed by atoms with Crippen molar-refractivity contribution >= 4 is 28.5 Å². The first-order valence-electron chi connectivity index (χ1n) is 7.80. The summed E-state index contributed by atoms with van der Waals surface area (Å²) in [6.07, 6.45) is 1.71. The number of hydrogen-bond acceptors (Lipinski definition) is 4. The molecule has 2 N–H and O–H groups in total. The van der Waals surface area contributed by atoms with Crippen molar-refractivity contribution in [3.05, 3.63) is 41.6 Å². The molecule has 0 bridgehead atoms. The summed E-state index contributed by atoms with van der Waals surface area (Å²) in [5.41, 5.74) is 2.83. The Morgan fingerprint density at radius 3 is 3.00 bits per heavy atom. The summed E-state index contributed by atoms with van der Waals surface area (Å²) >= 11 is 6.37. The lowest BCUT2D eigenvalue weighted by Gasteiger charge is -2.32. The van der Waals surface area contributed by atoms with Gasteiger partial charge in [0.1, 0.15) is 11.6 Å². The second kappa shape index (κ2) is 5.83. The minimum atomic E-state index is 0.455. The van der Waals surface area contributed by atoms with Crippen molar-refractivity contribution in [2.45, 2.75) is 13.0 Å². The molecule has 5 nitrogen and oxygen atoms in total. The Bertz CT molecular complexity index is 811. The molecule has 0 aliphatic carbocycles. The van der Waals surface area contributed by atoms with Crippen LogP contribution in [0, 0.1) is 0 Å². The van der Waals surface area contributed by atoms with Gasteiger partial charge in [0, 0.05) is 37.4 Å². The van der Waals surface area contributed by atoms with Gasteiger partial charge in [0.2, 0.25) is 0 Å². The first-order valence-corrected chi connectivity index (χ1v) is 8.17. The lowest BCUT2D eigenvalue weighted by molar-refractivity contribution is 0.482. The molecule has 6 heteroatoms. The van der Waals surface area contributed by atoms with Crippen molar-refractivity contribution < 1.29 is 0 Å². The van der Waals surface area contributed by atoms with Gasteiger partial charge in [-0.1, -0.05) is 23.7 Å². The second-order valence-electron chi connectivity index (χ2n) is 5.93. The first-order chi connectivity index (χ1) is 11.2. The van der Waals surface area contributed by atoms with Crippen molar-refractivity contribution in [1.82, 2.24) is 20.3 Å². The number of pyridine rings is 1. The third-order valence-electron chi connectivity index (χ3n) is 4.18. The van der Waals surface area contributed by atoms with Crippen LogP contribution >= 0.6 is 11.6 Å². The number of aromatic amines is 1. The molecule has 1 aliphatic heterocycles. The van der Waals surface area contributed by atoms with E-state index in [2.05, 4.69) is 32.1 Å². The first kappa shape index (κ1) is 14.5. The highest BCUT2D eigenvalue weighted by Gasteiger charge is 2.19. The van der Waals surface area contributed by atoms with Crippen LogP contribution in [-0.2, 0) is 0 Å². The van der Waals surface area contributed by atoms with E-state index in [9.17, 15) is 0 Å². The zero-order chi connectivity index (χ0) is 15.8. The Hall–Kier alpha value is -2.11. The average Bonchev–Trinajstić information content (AvgIpc) is 2.99. The zero-order valence-corrected chi connectivity index (χ0v) is 13.6. The Kier molecular flexibility index (Phi) is 3.67. The molecule has 0 amide bonds. The fraction of sp³-hybridized carbons (Fsp3) is 0.294. The summed E-state index contributed by atoms with van der Waals surface area (Å²) in [4.78, 5) is 14.8. The van der Waals surface area contributed by atoms with E-state index in [4.69, 9.17) is 11.6 Å². The maximum atomic E-state index is 6.37. The topological polar surface area (TPSA) is 56.8 Å². The zero-order valence-electron chi connectivity index (χ0n) is 12.9. The van der Waals surface area contributed by atoms with Crippen LogP contribution in [0.3, 0.4) is 0 Å². The fourth-order valence-corrected chi connectivity index (χ4v) is 3.20. The highest BCUT2D eigenvalue weighted by atomic mass is 35.5. The van der Waals surface area contributed by atoms with Crippen LogP contribution in [0.5, 0.6) is 0 Å². The van der Waals surface area contributed by atoms with Gasteiger partial charge in [-0.15, -0.1) is 0 Å². The van der Waals surface area contributed by atoms with Crippen LogP contribution in [0.2, 0.25) is 5.02 Å². The number of rotatable bonds is 2. The van der Waals surface area contributed by atoms with Crippen LogP contribution in [0.1, 0.15) is 6.92 Å². The lowest BCUT2D eigenvalue weighted by Crippen LogP contribution is -2.49. The summed E-state index contributed by atoms with van der Waals surface area (Å²) in [5, 5.41) is 4.05. The molecule has 1 fully saturated rings. The van der Waals surface area contributed by atoms with Crippen molar-refractivity contribution in [2.24, 2.45) is 0 Å². The van der Waals surface area contributed by atoms with Crippen LogP contribution < -0.4 is 10.2 Å². The summed E-state index contributed by atoms with van der Waals surface area (Å²) < 4.78 is 0. The van der Waals surface area contributed by atoms with Crippen molar-refractivity contribution in [2.75, 3.05) is 24.5 Å². The van der Waals surface area contributed by atoms with Gasteiger partial charge >= 0.3 is 0 Å². The number of para-hydroxylation sites is 2. The molecule has 118 valence electrons. The summed E-state index contributed by atoms with van der Waals surface area (Å²) in [7, 11) is 0. The standard InChI is InChI=1S/C17H18ClN5/c1-11-10-23(7-6-19-11)16-8-12(13(18)9-20-16)17-21-14-4-2-3-5-15(14)22-17/h2-5,8-9,11,19H,6-7,10H2,1H3,(H,21,22)/t11-/m0/s1. The SMILES string of the molecule is C[C@H]1CN(c2cc(-c3nc4ccccc4[nH]3)c(Cl)cn2)CCN1. The number of H-pyrrole nitrogens is 1. The quantitative estimate of drug-likeness (QED) is 0.759. The smallest absolute Gasteiger partial charge is 0.140 e. The van der Waals surface area contributed by atoms with Crippen LogP contribution in [0.25, 0.3) is 22.4 Å². The van der Waals surface area contributed by atoms with Crippen molar-refractivity contribution in [3.8, 4) is 11.4 Å². The normalized spacial score (nSPS) is 18.5. The largest absolute Gasteiger partial charge is 0.354 e. The molecule has 1 aliphatic rings. The molecule has 1 aromatic carbocycles. The maximum Gasteiger partial charge on any atom is 0.140 e. The van der Waals surface area contributed by atoms with E-state index >= 15 is 0 Å². The molecule has 0 radical (unpaired) electrons. The number of nitrogens with one attached hydrogen (secondary N) is 2. The number of imidazole rings is 1. The van der Waals surface area contributed by atoms with Gasteiger partial charge in [-0.25, -0.2) is 9.97 Å². The van der Waals surface area contributed by atoms with Crippen LogP contribution in [0.15, 0.2) is 36.5 Å². The fourth-order valence-electron chi connectivity index (χ4n) is 3.00. The molecule has 0 saturated carbocycles. The molecule has 4 rings (SSSR count). The van der Waals surface area contributed by atoms with E-state index < -0.39 is 0 Å². The minimum Gasteiger partial charge on any atom is -0.354 e. The van der Waals surface area contributed by atoms with Gasteiger partial charge in [-0.2, -0.15) is 0 Å². The maximum absolute atomic E-state index is 6.37. The summed E-state index contributed by atoms with van der Waals surface area (Å²) in [6.45, 7) is 5.03. The minimum absolute atomic E-state index is 0.455. The monoisotopic (exact) mass is 327 g/mol. The predicted octanol–water partition coefficient (Wildman–Crippen LogP) is 3.08. The van der Waals surface area contributed by atoms with Gasteiger partial charge < -0.3 is 15.2 Å². The molecule has 3 heterocycles. The van der Waals surface area contributed by atoms with Crippen LogP contribution in [-0.4, -0.2) is 40.6 Å². The van der Waals surface area contributed by atoms with E-state index in [-0.39, 0.29) is 0 Å². The van der Waals surface area contributed by atoms with Crippen molar-refractivity contribution in [3.63, 3.8) is 0 Å². The Morgan fingerprint density at radius 2 is 2.17 bits per heavy atom. The number of anilines is 1. The van der Waals surface area contributed by atoms with Gasteiger partial charge in [0.15, 0.2) is 0 Å². The summed E-state index contributed by atoms with van der Waals surface area (Å²) in [6, 6.07) is 10.5. The van der Waals surface area contributed by atoms with Crippen LogP contribution in [0.4, 0.5) is 5.82 Å². The van der Waals surface area contributed by atoms with Gasteiger partial charge in [0.25, 0.3) is 0 Å². The third-order valence-corrected chi connectivity index (χ3v) is 4.48. The van der Waals surface area contributed by atoms with E-state index in [0.717, 1.165) is 47.9 Å². The molecule has 0 unspecified atom stereocenters. The second-order valence-corrected chi connectivity index (χ2v) is 6.33. The number of aromatic nitrogens is 3. The number of benzene rings is 1. The number of hydrogen-bond donors (Lipinski definition) is 2. The van der Waals surface area contributed by atoms with Gasteiger partial charge in [-0.3, -0.25) is 0 Å². The molecular formula is C17H18ClN5. The van der Waals surface area contributed by atoms with E-state index in [1.54, 1.807) is 6.20 Å². The highest BCUT2D eigenvalue weighted by Crippen LogP contribution is 2.30. The number of nitrogens with zero attached hydrogens (tertiary/aromatic N) is 3. The Labute approximate surface area is 139 Å². The number of halogens is 1. The number of piperazine rings is 1. The van der Waals surface area contributed by atoms with Gasteiger partial charge in [0.05, 0.1) is 16.1 Å². The van der Waals surface area contributed by atoms with E-state index in [1.165, 1.54) is 0 Å². The van der Waals surface area contributed by atoms with Gasteiger partial charge in [-0.05, 0) is 25.1 Å². The molecule has 2 aromatic heterocycles. The predicted molar refractivity (Wildman–Crippen MR) is 94.0 cm³/mol. The number of fused-ring (bicyclic) bond motifs is 1. The van der Waals surface area contributed by atoms with Crippen molar-refractivity contribution in [1.29, 1.82) is 0 Å². The van der Waals surface area contributed by atoms with E-state index in [0.29, 0.717) is 11.1 Å². The Balaban J connectivity index is 1.74. The molecule has 1 saturated heterocycles. The highest BCUT2D eigenvalue weighted by molar-refractivity contribution is 6.33. The summed E-state index contributed by atoms with van der Waals surface area (Å²) in [5.74, 6) is 1.72. The molecule has 23 heavy (non-hydrogen) atoms. The third kappa shape index (κ3) is 2.78. The molecular weight excluding hydrogens is 310 g/mol. The average molecular weight is 328 g/mol. The Morgan fingerprint density at radius 1 is 1.30 bits per heavy atom. The molecule has 1 atom stereocenters. The molecule has 0 spiro atoms.